The van der Waals surface area contributed by atoms with Crippen LogP contribution in [0.3, 0.4) is 0 Å². The SMILES string of the molecule is c1ccc(-c2ccc3c(c2)c2cc4c(cc2n3-c2cccc(-c3nc(-c5ccccc5)c5ccccc5n3)c2)-c2ccccc2[I-]4)cc1. The first-order valence-corrected chi connectivity index (χ1v) is 18.3. The summed E-state index contributed by atoms with van der Waals surface area (Å²) in [6.07, 6.45) is 0. The van der Waals surface area contributed by atoms with Crippen LogP contribution in [0.2, 0.25) is 0 Å². The molecule has 0 fully saturated rings. The van der Waals surface area contributed by atoms with E-state index in [1.165, 1.54) is 51.2 Å². The molecule has 2 aromatic heterocycles. The summed E-state index contributed by atoms with van der Waals surface area (Å²) < 4.78 is 5.43. The maximum atomic E-state index is 5.19. The molecule has 0 bridgehead atoms. The van der Waals surface area contributed by atoms with E-state index in [9.17, 15) is 0 Å². The Morgan fingerprint density at radius 3 is 2.02 bits per heavy atom. The van der Waals surface area contributed by atoms with Gasteiger partial charge in [-0.1, -0.05) is 48.5 Å². The molecule has 0 saturated heterocycles. The molecular weight excluding hydrogens is 697 g/mol. The molecule has 1 aliphatic rings. The first-order valence-electron chi connectivity index (χ1n) is 16.1. The monoisotopic (exact) mass is 724 g/mol. The molecule has 1 aliphatic heterocycles. The number of hydrogen-bond acceptors (Lipinski definition) is 2. The standard InChI is InChI=1S/C44H27IN3/c1-3-12-28(13-4-1)30-22-23-41-36(25-30)37-26-39-35(33-18-7-9-20-38(33)45-39)27-42(37)48(41)32-17-11-16-31(24-32)44-46-40-21-10-8-19-34(40)43(47-44)29-14-5-2-6-15-29/h1-27H/q-1. The normalized spacial score (nSPS) is 12.2. The molecule has 0 atom stereocenters. The van der Waals surface area contributed by atoms with Gasteiger partial charge in [0.1, 0.15) is 0 Å². The Bertz CT molecular complexity index is 2690. The van der Waals surface area contributed by atoms with Crippen molar-refractivity contribution in [3.63, 3.8) is 0 Å². The minimum atomic E-state index is -0.227. The number of para-hydroxylation sites is 1. The summed E-state index contributed by atoms with van der Waals surface area (Å²) in [7, 11) is 0. The molecule has 10 rings (SSSR count). The third-order valence-corrected chi connectivity index (χ3v) is 12.3. The van der Waals surface area contributed by atoms with Gasteiger partial charge in [-0.15, -0.1) is 0 Å². The van der Waals surface area contributed by atoms with Crippen molar-refractivity contribution in [2.24, 2.45) is 0 Å². The summed E-state index contributed by atoms with van der Waals surface area (Å²) in [5.74, 6) is 0.723. The van der Waals surface area contributed by atoms with E-state index in [1.54, 1.807) is 0 Å². The topological polar surface area (TPSA) is 30.7 Å². The van der Waals surface area contributed by atoms with Crippen molar-refractivity contribution in [3.8, 4) is 50.6 Å². The fourth-order valence-electron chi connectivity index (χ4n) is 7.09. The van der Waals surface area contributed by atoms with E-state index in [4.69, 9.17) is 9.97 Å². The zero-order chi connectivity index (χ0) is 31.6. The van der Waals surface area contributed by atoms with Crippen LogP contribution in [0.1, 0.15) is 0 Å². The molecule has 0 spiro atoms. The zero-order valence-electron chi connectivity index (χ0n) is 25.8. The molecule has 9 aromatic rings. The molecule has 0 saturated carbocycles. The van der Waals surface area contributed by atoms with Crippen LogP contribution in [-0.2, 0) is 0 Å². The number of benzene rings is 7. The minimum absolute atomic E-state index is 0.227. The van der Waals surface area contributed by atoms with Crippen LogP contribution in [0.25, 0.3) is 83.3 Å². The van der Waals surface area contributed by atoms with Crippen LogP contribution in [0.5, 0.6) is 0 Å². The molecule has 0 radical (unpaired) electrons. The van der Waals surface area contributed by atoms with Crippen LogP contribution in [0, 0.1) is 7.14 Å². The van der Waals surface area contributed by atoms with Crippen LogP contribution in [0.15, 0.2) is 164 Å². The number of nitrogens with zero attached hydrogens (tertiary/aromatic N) is 3. The third kappa shape index (κ3) is 4.40. The molecular formula is C44H27IN3-. The predicted octanol–water partition coefficient (Wildman–Crippen LogP) is 7.84. The summed E-state index contributed by atoms with van der Waals surface area (Å²) in [5, 5.41) is 3.62. The molecule has 3 heterocycles. The molecule has 0 amide bonds. The second kappa shape index (κ2) is 11.0. The fraction of sp³-hybridized carbons (Fsp3) is 0. The maximum absolute atomic E-state index is 5.19. The quantitative estimate of drug-likeness (QED) is 0.173. The average molecular weight is 725 g/mol. The predicted molar refractivity (Wildman–Crippen MR) is 193 cm³/mol. The summed E-state index contributed by atoms with van der Waals surface area (Å²) >= 11 is -0.227. The Kier molecular flexibility index (Phi) is 6.30. The Morgan fingerprint density at radius 1 is 0.417 bits per heavy atom. The zero-order valence-corrected chi connectivity index (χ0v) is 28.0. The van der Waals surface area contributed by atoms with Crippen molar-refractivity contribution in [2.75, 3.05) is 0 Å². The van der Waals surface area contributed by atoms with Crippen LogP contribution in [0.4, 0.5) is 0 Å². The average Bonchev–Trinajstić information content (AvgIpc) is 3.68. The first kappa shape index (κ1) is 27.5. The van der Waals surface area contributed by atoms with E-state index in [0.29, 0.717) is 0 Å². The molecule has 48 heavy (non-hydrogen) atoms. The van der Waals surface area contributed by atoms with Gasteiger partial charge in [0.15, 0.2) is 0 Å². The summed E-state index contributed by atoms with van der Waals surface area (Å²) in [5.41, 5.74) is 12.7. The van der Waals surface area contributed by atoms with E-state index in [2.05, 4.69) is 156 Å². The van der Waals surface area contributed by atoms with Crippen molar-refractivity contribution in [3.05, 3.63) is 171 Å². The van der Waals surface area contributed by atoms with Crippen molar-refractivity contribution < 1.29 is 21.2 Å². The molecule has 7 aromatic carbocycles. The van der Waals surface area contributed by atoms with Gasteiger partial charge in [0, 0.05) is 0 Å². The van der Waals surface area contributed by atoms with Crippen LogP contribution < -0.4 is 21.2 Å². The van der Waals surface area contributed by atoms with Gasteiger partial charge in [0.25, 0.3) is 0 Å². The Balaban J connectivity index is 1.21. The summed E-state index contributed by atoms with van der Waals surface area (Å²) in [6.45, 7) is 0. The van der Waals surface area contributed by atoms with E-state index in [1.807, 2.05) is 12.1 Å². The number of hydrogen-bond donors (Lipinski definition) is 0. The number of rotatable bonds is 4. The number of aromatic nitrogens is 3. The number of halogens is 1. The second-order valence-corrected chi connectivity index (χ2v) is 15.0. The van der Waals surface area contributed by atoms with E-state index < -0.39 is 0 Å². The van der Waals surface area contributed by atoms with Gasteiger partial charge < -0.3 is 0 Å². The van der Waals surface area contributed by atoms with Crippen molar-refractivity contribution in [2.45, 2.75) is 0 Å². The van der Waals surface area contributed by atoms with Gasteiger partial charge in [-0.2, -0.15) is 0 Å². The Hall–Kier alpha value is -5.59. The van der Waals surface area contributed by atoms with Crippen molar-refractivity contribution in [1.29, 1.82) is 0 Å². The van der Waals surface area contributed by atoms with Gasteiger partial charge >= 0.3 is 241 Å². The van der Waals surface area contributed by atoms with Crippen LogP contribution >= 0.6 is 0 Å². The molecule has 3 nitrogen and oxygen atoms in total. The van der Waals surface area contributed by atoms with E-state index in [-0.39, 0.29) is 21.2 Å². The molecule has 0 aliphatic carbocycles. The third-order valence-electron chi connectivity index (χ3n) is 9.34. The Morgan fingerprint density at radius 2 is 1.15 bits per heavy atom. The summed E-state index contributed by atoms with van der Waals surface area (Å²) in [6, 6.07) is 58.9. The van der Waals surface area contributed by atoms with E-state index >= 15 is 0 Å². The first-order chi connectivity index (χ1) is 23.8. The van der Waals surface area contributed by atoms with E-state index in [0.717, 1.165) is 39.2 Å². The molecule has 0 N–H and O–H groups in total. The summed E-state index contributed by atoms with van der Waals surface area (Å²) in [4.78, 5) is 10.3. The van der Waals surface area contributed by atoms with Crippen LogP contribution in [-0.4, -0.2) is 14.5 Å². The fourth-order valence-corrected chi connectivity index (χ4v) is 10.1. The molecule has 0 unspecified atom stereocenters. The van der Waals surface area contributed by atoms with Crippen molar-refractivity contribution in [1.82, 2.24) is 14.5 Å². The second-order valence-electron chi connectivity index (χ2n) is 12.2. The van der Waals surface area contributed by atoms with Gasteiger partial charge in [-0.05, 0) is 0 Å². The van der Waals surface area contributed by atoms with Gasteiger partial charge in [0.05, 0.1) is 0 Å². The van der Waals surface area contributed by atoms with Gasteiger partial charge in [0.2, 0.25) is 0 Å². The van der Waals surface area contributed by atoms with Crippen molar-refractivity contribution >= 4 is 32.7 Å². The van der Waals surface area contributed by atoms with Gasteiger partial charge in [-0.25, -0.2) is 0 Å². The molecule has 226 valence electrons. The molecule has 4 heteroatoms. The number of fused-ring (bicyclic) bond motifs is 7. The Labute approximate surface area is 288 Å². The van der Waals surface area contributed by atoms with Gasteiger partial charge in [-0.3, -0.25) is 0 Å².